The molecule has 0 saturated carbocycles. The van der Waals surface area contributed by atoms with Gasteiger partial charge in [0.05, 0.1) is 5.52 Å². The van der Waals surface area contributed by atoms with Gasteiger partial charge < -0.3 is 9.88 Å². The number of aryl methyl sites for hydroxylation is 1. The van der Waals surface area contributed by atoms with Crippen molar-refractivity contribution in [1.82, 2.24) is 9.88 Å². The van der Waals surface area contributed by atoms with E-state index in [0.717, 1.165) is 16.5 Å². The Balaban J connectivity index is 2.33. The molecule has 100 valence electrons. The van der Waals surface area contributed by atoms with Crippen LogP contribution in [-0.2, 0) is 11.3 Å². The molecule has 0 atom stereocenters. The maximum Gasteiger partial charge on any atom is 0.254 e. The summed E-state index contributed by atoms with van der Waals surface area (Å²) in [5, 5.41) is 3.84. The van der Waals surface area contributed by atoms with E-state index in [2.05, 4.69) is 5.32 Å². The van der Waals surface area contributed by atoms with Crippen LogP contribution in [0.4, 0.5) is 0 Å². The Morgan fingerprint density at radius 1 is 1.32 bits per heavy atom. The topological polar surface area (TPSA) is 51.1 Å². The first-order valence-corrected chi connectivity index (χ1v) is 6.49. The van der Waals surface area contributed by atoms with Gasteiger partial charge in [-0.25, -0.2) is 0 Å². The highest BCUT2D eigenvalue weighted by atomic mass is 16.1. The third kappa shape index (κ3) is 2.84. The van der Waals surface area contributed by atoms with Crippen LogP contribution in [0.15, 0.2) is 35.1 Å². The number of hydrogen-bond donors (Lipinski definition) is 1. The van der Waals surface area contributed by atoms with E-state index < -0.39 is 0 Å². The third-order valence-electron chi connectivity index (χ3n) is 3.16. The summed E-state index contributed by atoms with van der Waals surface area (Å²) in [7, 11) is 0. The SMILES string of the molecule is CCC(=O)NCCn1c(=O)c(C)cc2ccccc21. The van der Waals surface area contributed by atoms with E-state index in [4.69, 9.17) is 0 Å². The Kier molecular flexibility index (Phi) is 4.00. The van der Waals surface area contributed by atoms with Crippen molar-refractivity contribution in [2.75, 3.05) is 6.54 Å². The molecule has 1 aromatic heterocycles. The summed E-state index contributed by atoms with van der Waals surface area (Å²) in [5.41, 5.74) is 1.63. The van der Waals surface area contributed by atoms with Gasteiger partial charge in [-0.05, 0) is 24.4 Å². The van der Waals surface area contributed by atoms with Gasteiger partial charge in [0.15, 0.2) is 0 Å². The first-order valence-electron chi connectivity index (χ1n) is 6.49. The number of carbonyl (C=O) groups excluding carboxylic acids is 1. The molecule has 0 unspecified atom stereocenters. The maximum absolute atomic E-state index is 12.2. The lowest BCUT2D eigenvalue weighted by atomic mass is 10.1. The third-order valence-corrected chi connectivity index (χ3v) is 3.16. The predicted octanol–water partition coefficient (Wildman–Crippen LogP) is 1.84. The molecule has 0 radical (unpaired) electrons. The van der Waals surface area contributed by atoms with Gasteiger partial charge in [-0.1, -0.05) is 25.1 Å². The summed E-state index contributed by atoms with van der Waals surface area (Å²) in [6.07, 6.45) is 0.462. The number of aromatic nitrogens is 1. The number of nitrogens with zero attached hydrogens (tertiary/aromatic N) is 1. The zero-order chi connectivity index (χ0) is 13.8. The van der Waals surface area contributed by atoms with E-state index in [0.29, 0.717) is 19.5 Å². The standard InChI is InChI=1S/C15H18N2O2/c1-3-14(18)16-8-9-17-13-7-5-4-6-12(13)10-11(2)15(17)19/h4-7,10H,3,8-9H2,1-2H3,(H,16,18). The molecule has 2 rings (SSSR count). The summed E-state index contributed by atoms with van der Waals surface area (Å²) < 4.78 is 1.72. The molecule has 0 saturated heterocycles. The molecule has 0 aliphatic carbocycles. The zero-order valence-electron chi connectivity index (χ0n) is 11.3. The summed E-state index contributed by atoms with van der Waals surface area (Å²) >= 11 is 0. The molecular weight excluding hydrogens is 240 g/mol. The number of amides is 1. The van der Waals surface area contributed by atoms with Gasteiger partial charge in [0.25, 0.3) is 5.56 Å². The minimum atomic E-state index is 0.00412. The molecule has 1 heterocycles. The van der Waals surface area contributed by atoms with Crippen LogP contribution in [0.1, 0.15) is 18.9 Å². The highest BCUT2D eigenvalue weighted by molar-refractivity contribution is 5.79. The fourth-order valence-electron chi connectivity index (χ4n) is 2.13. The number of nitrogens with one attached hydrogen (secondary N) is 1. The molecule has 1 aromatic carbocycles. The minimum Gasteiger partial charge on any atom is -0.354 e. The summed E-state index contributed by atoms with van der Waals surface area (Å²) in [6, 6.07) is 9.69. The predicted molar refractivity (Wildman–Crippen MR) is 76.2 cm³/mol. The minimum absolute atomic E-state index is 0.00412. The van der Waals surface area contributed by atoms with Crippen LogP contribution >= 0.6 is 0 Å². The lowest BCUT2D eigenvalue weighted by molar-refractivity contribution is -0.120. The Labute approximate surface area is 112 Å². The van der Waals surface area contributed by atoms with Crippen molar-refractivity contribution in [3.05, 3.63) is 46.2 Å². The number of fused-ring (bicyclic) bond motifs is 1. The maximum atomic E-state index is 12.2. The number of pyridine rings is 1. The van der Waals surface area contributed by atoms with Gasteiger partial charge in [-0.3, -0.25) is 9.59 Å². The highest BCUT2D eigenvalue weighted by Crippen LogP contribution is 2.12. The first-order chi connectivity index (χ1) is 9.13. The Morgan fingerprint density at radius 2 is 2.05 bits per heavy atom. The molecule has 0 aliphatic rings. The van der Waals surface area contributed by atoms with Crippen molar-refractivity contribution < 1.29 is 4.79 Å². The van der Waals surface area contributed by atoms with Crippen LogP contribution in [0.3, 0.4) is 0 Å². The van der Waals surface area contributed by atoms with Crippen LogP contribution in [0.5, 0.6) is 0 Å². The monoisotopic (exact) mass is 258 g/mol. The molecule has 2 aromatic rings. The van der Waals surface area contributed by atoms with Gasteiger partial charge in [-0.15, -0.1) is 0 Å². The fraction of sp³-hybridized carbons (Fsp3) is 0.333. The van der Waals surface area contributed by atoms with E-state index in [-0.39, 0.29) is 11.5 Å². The second kappa shape index (κ2) is 5.69. The molecule has 0 fully saturated rings. The van der Waals surface area contributed by atoms with Gasteiger partial charge in [-0.2, -0.15) is 0 Å². The number of hydrogen-bond acceptors (Lipinski definition) is 2. The zero-order valence-corrected chi connectivity index (χ0v) is 11.3. The molecule has 0 aliphatic heterocycles. The largest absolute Gasteiger partial charge is 0.354 e. The molecule has 0 bridgehead atoms. The van der Waals surface area contributed by atoms with Crippen LogP contribution in [-0.4, -0.2) is 17.0 Å². The second-order valence-corrected chi connectivity index (χ2v) is 4.55. The number of carbonyl (C=O) groups is 1. The summed E-state index contributed by atoms with van der Waals surface area (Å²) in [6.45, 7) is 4.59. The molecule has 0 spiro atoms. The highest BCUT2D eigenvalue weighted by Gasteiger charge is 2.06. The van der Waals surface area contributed by atoms with Crippen LogP contribution in [0, 0.1) is 6.92 Å². The van der Waals surface area contributed by atoms with Crippen molar-refractivity contribution in [2.45, 2.75) is 26.8 Å². The van der Waals surface area contributed by atoms with E-state index in [9.17, 15) is 9.59 Å². The summed E-state index contributed by atoms with van der Waals surface area (Å²) in [4.78, 5) is 23.4. The average molecular weight is 258 g/mol. The lowest BCUT2D eigenvalue weighted by Crippen LogP contribution is -2.31. The van der Waals surface area contributed by atoms with Crippen molar-refractivity contribution in [3.8, 4) is 0 Å². The molecule has 1 N–H and O–H groups in total. The van der Waals surface area contributed by atoms with Crippen LogP contribution in [0.2, 0.25) is 0 Å². The fourth-order valence-corrected chi connectivity index (χ4v) is 2.13. The Hall–Kier alpha value is -2.10. The van der Waals surface area contributed by atoms with E-state index in [1.165, 1.54) is 0 Å². The van der Waals surface area contributed by atoms with Crippen molar-refractivity contribution in [3.63, 3.8) is 0 Å². The number of para-hydroxylation sites is 1. The summed E-state index contributed by atoms with van der Waals surface area (Å²) in [5.74, 6) is 0.00464. The molecule has 1 amide bonds. The van der Waals surface area contributed by atoms with E-state index >= 15 is 0 Å². The quantitative estimate of drug-likeness (QED) is 0.909. The average Bonchev–Trinajstić information content (AvgIpc) is 2.42. The van der Waals surface area contributed by atoms with Gasteiger partial charge >= 0.3 is 0 Å². The van der Waals surface area contributed by atoms with E-state index in [1.54, 1.807) is 4.57 Å². The normalized spacial score (nSPS) is 10.6. The van der Waals surface area contributed by atoms with Gasteiger partial charge in [0.1, 0.15) is 0 Å². The molecule has 19 heavy (non-hydrogen) atoms. The Morgan fingerprint density at radius 3 is 2.79 bits per heavy atom. The molecular formula is C15H18N2O2. The second-order valence-electron chi connectivity index (χ2n) is 4.55. The van der Waals surface area contributed by atoms with Crippen molar-refractivity contribution in [2.24, 2.45) is 0 Å². The van der Waals surface area contributed by atoms with Crippen molar-refractivity contribution in [1.29, 1.82) is 0 Å². The lowest BCUT2D eigenvalue weighted by Gasteiger charge is -2.12. The van der Waals surface area contributed by atoms with E-state index in [1.807, 2.05) is 44.2 Å². The van der Waals surface area contributed by atoms with Crippen molar-refractivity contribution >= 4 is 16.8 Å². The number of benzene rings is 1. The molecule has 4 nitrogen and oxygen atoms in total. The number of rotatable bonds is 4. The Bertz CT molecular complexity index is 659. The van der Waals surface area contributed by atoms with Gasteiger partial charge in [0, 0.05) is 25.1 Å². The van der Waals surface area contributed by atoms with Crippen LogP contribution < -0.4 is 10.9 Å². The molecule has 4 heteroatoms. The smallest absolute Gasteiger partial charge is 0.254 e. The van der Waals surface area contributed by atoms with Gasteiger partial charge in [0.2, 0.25) is 5.91 Å². The van der Waals surface area contributed by atoms with Crippen LogP contribution in [0.25, 0.3) is 10.9 Å². The first kappa shape index (κ1) is 13.3.